The molecule has 3 aromatic heterocycles. The van der Waals surface area contributed by atoms with E-state index in [1.54, 1.807) is 0 Å². The molecule has 0 amide bonds. The van der Waals surface area contributed by atoms with Crippen molar-refractivity contribution in [2.75, 3.05) is 0 Å². The Balaban J connectivity index is 0.966. The molecule has 0 saturated heterocycles. The zero-order valence-electron chi connectivity index (χ0n) is 30.8. The lowest BCUT2D eigenvalue weighted by molar-refractivity contribution is 0.673. The average Bonchev–Trinajstić information content (AvgIpc) is 3.68. The van der Waals surface area contributed by atoms with Gasteiger partial charge in [0.2, 0.25) is 0 Å². The Morgan fingerprint density at radius 3 is 1.60 bits per heavy atom. The summed E-state index contributed by atoms with van der Waals surface area (Å²) in [6.45, 7) is 0. The van der Waals surface area contributed by atoms with Gasteiger partial charge in [0.25, 0.3) is 0 Å². The van der Waals surface area contributed by atoms with Crippen molar-refractivity contribution in [1.82, 2.24) is 15.0 Å². The van der Waals surface area contributed by atoms with Gasteiger partial charge in [0, 0.05) is 49.2 Å². The van der Waals surface area contributed by atoms with Crippen LogP contribution in [0.3, 0.4) is 0 Å². The second-order valence-electron chi connectivity index (χ2n) is 14.4. The minimum atomic E-state index is 0.710. The molecule has 57 heavy (non-hydrogen) atoms. The standard InChI is InChI=1S/C53H33N3O/c1-4-13-35(14-5-1)47-33-48(56-53(55-47)38-17-8-3-9-18-38)36-25-23-34(24-26-36)39-19-12-20-40(31-39)41-27-30-49-45(32-41)42-28-29-44-50(52(42)57-49)43-21-10-11-22-46(43)54-51(44)37-15-6-2-7-16-37/h1-33H. The third-order valence-corrected chi connectivity index (χ3v) is 10.9. The maximum absolute atomic E-state index is 6.72. The first-order valence-electron chi connectivity index (χ1n) is 19.2. The summed E-state index contributed by atoms with van der Waals surface area (Å²) in [7, 11) is 0. The highest BCUT2D eigenvalue weighted by molar-refractivity contribution is 6.24. The van der Waals surface area contributed by atoms with Crippen molar-refractivity contribution < 1.29 is 4.42 Å². The number of furan rings is 1. The normalized spacial score (nSPS) is 11.5. The highest BCUT2D eigenvalue weighted by Gasteiger charge is 2.18. The largest absolute Gasteiger partial charge is 0.455 e. The SMILES string of the molecule is c1ccc(-c2cc(-c3ccc(-c4cccc(-c5ccc6oc7c(ccc8c(-c9ccccc9)nc9ccccc9c87)c6c5)c4)cc3)nc(-c3ccccc3)n2)cc1. The molecule has 0 bridgehead atoms. The highest BCUT2D eigenvalue weighted by Crippen LogP contribution is 2.42. The van der Waals surface area contributed by atoms with Crippen LogP contribution in [0.4, 0.5) is 0 Å². The van der Waals surface area contributed by atoms with E-state index in [4.69, 9.17) is 19.4 Å². The molecular formula is C53H33N3O. The van der Waals surface area contributed by atoms with Crippen LogP contribution in [0, 0.1) is 0 Å². The topological polar surface area (TPSA) is 51.8 Å². The third-order valence-electron chi connectivity index (χ3n) is 10.9. The van der Waals surface area contributed by atoms with Crippen LogP contribution in [0.5, 0.6) is 0 Å². The van der Waals surface area contributed by atoms with E-state index in [9.17, 15) is 0 Å². The number of nitrogens with zero attached hydrogens (tertiary/aromatic N) is 3. The lowest BCUT2D eigenvalue weighted by Crippen LogP contribution is -1.95. The molecule has 11 rings (SSSR count). The lowest BCUT2D eigenvalue weighted by atomic mass is 9.96. The Hall–Kier alpha value is -7.69. The monoisotopic (exact) mass is 727 g/mol. The number of benzene rings is 8. The second kappa shape index (κ2) is 13.6. The molecule has 4 nitrogen and oxygen atoms in total. The van der Waals surface area contributed by atoms with Gasteiger partial charge in [0.15, 0.2) is 5.82 Å². The van der Waals surface area contributed by atoms with E-state index in [1.165, 1.54) is 0 Å². The molecule has 8 aromatic carbocycles. The predicted octanol–water partition coefficient (Wildman–Crippen LogP) is 14.1. The Labute approximate surface area is 329 Å². The molecule has 266 valence electrons. The first-order chi connectivity index (χ1) is 28.2. The zero-order chi connectivity index (χ0) is 37.7. The lowest BCUT2D eigenvalue weighted by Gasteiger charge is -2.11. The Morgan fingerprint density at radius 1 is 0.316 bits per heavy atom. The van der Waals surface area contributed by atoms with Gasteiger partial charge in [-0.05, 0) is 58.7 Å². The molecule has 0 saturated carbocycles. The van der Waals surface area contributed by atoms with Gasteiger partial charge in [0.1, 0.15) is 11.2 Å². The average molecular weight is 728 g/mol. The number of rotatable bonds is 6. The van der Waals surface area contributed by atoms with Crippen LogP contribution in [0.2, 0.25) is 0 Å². The summed E-state index contributed by atoms with van der Waals surface area (Å²) in [5, 5.41) is 5.45. The van der Waals surface area contributed by atoms with E-state index >= 15 is 0 Å². The highest BCUT2D eigenvalue weighted by atomic mass is 16.3. The minimum absolute atomic E-state index is 0.710. The van der Waals surface area contributed by atoms with Crippen LogP contribution < -0.4 is 0 Å². The molecular weight excluding hydrogens is 695 g/mol. The molecule has 0 unspecified atom stereocenters. The molecule has 0 spiro atoms. The van der Waals surface area contributed by atoms with Gasteiger partial charge >= 0.3 is 0 Å². The summed E-state index contributed by atoms with van der Waals surface area (Å²) in [6, 6.07) is 69.7. The fourth-order valence-corrected chi connectivity index (χ4v) is 8.04. The summed E-state index contributed by atoms with van der Waals surface area (Å²) in [6.07, 6.45) is 0. The van der Waals surface area contributed by atoms with Crippen LogP contribution in [0.15, 0.2) is 205 Å². The van der Waals surface area contributed by atoms with Gasteiger partial charge in [0.05, 0.1) is 22.6 Å². The Bertz CT molecular complexity index is 3210. The molecule has 0 radical (unpaired) electrons. The number of hydrogen-bond acceptors (Lipinski definition) is 4. The van der Waals surface area contributed by atoms with Crippen molar-refractivity contribution in [3.05, 3.63) is 200 Å². The molecule has 4 heteroatoms. The Morgan fingerprint density at radius 2 is 0.860 bits per heavy atom. The van der Waals surface area contributed by atoms with Crippen LogP contribution in [0.25, 0.3) is 111 Å². The summed E-state index contributed by atoms with van der Waals surface area (Å²) in [4.78, 5) is 15.1. The van der Waals surface area contributed by atoms with Gasteiger partial charge in [-0.25, -0.2) is 15.0 Å². The van der Waals surface area contributed by atoms with Gasteiger partial charge in [-0.3, -0.25) is 0 Å². The molecule has 0 N–H and O–H groups in total. The smallest absolute Gasteiger partial charge is 0.160 e. The molecule has 11 aromatic rings. The van der Waals surface area contributed by atoms with Crippen LogP contribution in [0.1, 0.15) is 0 Å². The quantitative estimate of drug-likeness (QED) is 0.160. The van der Waals surface area contributed by atoms with Crippen molar-refractivity contribution in [3.63, 3.8) is 0 Å². The summed E-state index contributed by atoms with van der Waals surface area (Å²) in [5.41, 5.74) is 14.2. The van der Waals surface area contributed by atoms with Crippen molar-refractivity contribution in [2.24, 2.45) is 0 Å². The van der Waals surface area contributed by atoms with E-state index in [2.05, 4.69) is 152 Å². The number of aromatic nitrogens is 3. The number of para-hydroxylation sites is 1. The Kier molecular flexibility index (Phi) is 7.78. The van der Waals surface area contributed by atoms with Crippen LogP contribution >= 0.6 is 0 Å². The maximum atomic E-state index is 6.72. The van der Waals surface area contributed by atoms with Crippen molar-refractivity contribution in [2.45, 2.75) is 0 Å². The third kappa shape index (κ3) is 5.83. The van der Waals surface area contributed by atoms with E-state index in [0.29, 0.717) is 5.82 Å². The predicted molar refractivity (Wildman–Crippen MR) is 235 cm³/mol. The summed E-state index contributed by atoms with van der Waals surface area (Å²) < 4.78 is 6.72. The van der Waals surface area contributed by atoms with Crippen LogP contribution in [-0.4, -0.2) is 15.0 Å². The fraction of sp³-hybridized carbons (Fsp3) is 0. The first-order valence-corrected chi connectivity index (χ1v) is 19.2. The summed E-state index contributed by atoms with van der Waals surface area (Å²) in [5.74, 6) is 0.710. The summed E-state index contributed by atoms with van der Waals surface area (Å²) >= 11 is 0. The van der Waals surface area contributed by atoms with Gasteiger partial charge in [-0.2, -0.15) is 0 Å². The second-order valence-corrected chi connectivity index (χ2v) is 14.4. The minimum Gasteiger partial charge on any atom is -0.455 e. The number of fused-ring (bicyclic) bond motifs is 7. The van der Waals surface area contributed by atoms with Gasteiger partial charge in [-0.1, -0.05) is 164 Å². The van der Waals surface area contributed by atoms with Crippen molar-refractivity contribution in [3.8, 4) is 67.4 Å². The first kappa shape index (κ1) is 32.7. The van der Waals surface area contributed by atoms with E-state index in [-0.39, 0.29) is 0 Å². The van der Waals surface area contributed by atoms with Gasteiger partial charge in [-0.15, -0.1) is 0 Å². The number of hydrogen-bond donors (Lipinski definition) is 0. The molecule has 0 atom stereocenters. The molecule has 0 fully saturated rings. The van der Waals surface area contributed by atoms with E-state index < -0.39 is 0 Å². The molecule has 3 heterocycles. The van der Waals surface area contributed by atoms with Crippen molar-refractivity contribution in [1.29, 1.82) is 0 Å². The molecule has 0 aliphatic carbocycles. The number of pyridine rings is 1. The van der Waals surface area contributed by atoms with Gasteiger partial charge < -0.3 is 4.42 Å². The maximum Gasteiger partial charge on any atom is 0.160 e. The zero-order valence-corrected chi connectivity index (χ0v) is 30.8. The van der Waals surface area contributed by atoms with E-state index in [0.717, 1.165) is 105 Å². The van der Waals surface area contributed by atoms with E-state index in [1.807, 2.05) is 48.5 Å². The fourth-order valence-electron chi connectivity index (χ4n) is 8.04. The molecule has 0 aliphatic rings. The van der Waals surface area contributed by atoms with Crippen LogP contribution in [-0.2, 0) is 0 Å². The van der Waals surface area contributed by atoms with Crippen molar-refractivity contribution >= 4 is 43.6 Å². The molecule has 0 aliphatic heterocycles.